The fraction of sp³-hybridized carbons (Fsp3) is 0.692. The van der Waals surface area contributed by atoms with Crippen molar-refractivity contribution in [2.24, 2.45) is 0 Å². The molecule has 1 aromatic rings. The van der Waals surface area contributed by atoms with Gasteiger partial charge in [0.15, 0.2) is 6.29 Å². The summed E-state index contributed by atoms with van der Waals surface area (Å²) in [6, 6.07) is 2.24. The maximum atomic E-state index is 5.47. The van der Waals surface area contributed by atoms with E-state index in [4.69, 9.17) is 9.47 Å². The number of aryl methyl sites for hydroxylation is 2. The number of nitrogens with one attached hydrogen (secondary N) is 1. The van der Waals surface area contributed by atoms with E-state index in [9.17, 15) is 0 Å². The van der Waals surface area contributed by atoms with Gasteiger partial charge in [-0.25, -0.2) is 0 Å². The number of hydrogen-bond donors (Lipinski definition) is 1. The van der Waals surface area contributed by atoms with Crippen molar-refractivity contribution in [3.63, 3.8) is 0 Å². The molecule has 0 aliphatic carbocycles. The summed E-state index contributed by atoms with van der Waals surface area (Å²) in [7, 11) is 0. The third-order valence-electron chi connectivity index (χ3n) is 2.48. The first kappa shape index (κ1) is 14.6. The summed E-state index contributed by atoms with van der Waals surface area (Å²) in [4.78, 5) is 2.75. The first-order valence-corrected chi connectivity index (χ1v) is 6.98. The van der Waals surface area contributed by atoms with Crippen LogP contribution in [0.2, 0.25) is 0 Å². The van der Waals surface area contributed by atoms with Crippen LogP contribution in [0.3, 0.4) is 0 Å². The van der Waals surface area contributed by atoms with Crippen LogP contribution < -0.4 is 5.32 Å². The predicted octanol–water partition coefficient (Wildman–Crippen LogP) is 2.85. The monoisotopic (exact) mass is 257 g/mol. The number of ether oxygens (including phenoxy) is 2. The molecule has 0 aliphatic rings. The van der Waals surface area contributed by atoms with E-state index in [0.29, 0.717) is 13.2 Å². The summed E-state index contributed by atoms with van der Waals surface area (Å²) in [5.41, 5.74) is 1.37. The van der Waals surface area contributed by atoms with Crippen molar-refractivity contribution in [2.75, 3.05) is 19.8 Å². The Morgan fingerprint density at radius 2 is 1.88 bits per heavy atom. The van der Waals surface area contributed by atoms with Crippen molar-refractivity contribution < 1.29 is 9.47 Å². The van der Waals surface area contributed by atoms with Crippen LogP contribution in [0.4, 0.5) is 0 Å². The Bertz CT molecular complexity index is 319. The molecule has 1 heterocycles. The number of hydrogen-bond acceptors (Lipinski definition) is 4. The van der Waals surface area contributed by atoms with E-state index in [1.807, 2.05) is 25.2 Å². The van der Waals surface area contributed by atoms with Crippen LogP contribution in [-0.4, -0.2) is 26.0 Å². The molecule has 0 unspecified atom stereocenters. The zero-order valence-corrected chi connectivity index (χ0v) is 12.0. The molecule has 1 N–H and O–H groups in total. The normalized spacial score (nSPS) is 11.4. The van der Waals surface area contributed by atoms with Crippen molar-refractivity contribution >= 4 is 11.3 Å². The van der Waals surface area contributed by atoms with E-state index >= 15 is 0 Å². The molecule has 0 saturated heterocycles. The van der Waals surface area contributed by atoms with Crippen LogP contribution in [-0.2, 0) is 16.0 Å². The third kappa shape index (κ3) is 5.17. The van der Waals surface area contributed by atoms with Gasteiger partial charge in [-0.15, -0.1) is 11.3 Å². The largest absolute Gasteiger partial charge is 0.352 e. The lowest BCUT2D eigenvalue weighted by atomic mass is 10.2. The molecule has 0 aliphatic heterocycles. The Morgan fingerprint density at radius 3 is 2.35 bits per heavy atom. The fourth-order valence-corrected chi connectivity index (χ4v) is 2.67. The Hall–Kier alpha value is -0.420. The van der Waals surface area contributed by atoms with Crippen LogP contribution in [0.25, 0.3) is 0 Å². The molecule has 0 aromatic carbocycles. The van der Waals surface area contributed by atoms with Gasteiger partial charge in [0.2, 0.25) is 0 Å². The van der Waals surface area contributed by atoms with E-state index in [0.717, 1.165) is 13.1 Å². The second-order valence-corrected chi connectivity index (χ2v) is 5.37. The average Bonchev–Trinajstić information content (AvgIpc) is 2.58. The Kier molecular flexibility index (Phi) is 6.73. The van der Waals surface area contributed by atoms with Gasteiger partial charge in [-0.05, 0) is 39.3 Å². The topological polar surface area (TPSA) is 30.5 Å². The van der Waals surface area contributed by atoms with Gasteiger partial charge in [0.25, 0.3) is 0 Å². The molecule has 1 rings (SSSR count). The van der Waals surface area contributed by atoms with Crippen LogP contribution in [0.5, 0.6) is 0 Å². The van der Waals surface area contributed by atoms with Gasteiger partial charge in [-0.3, -0.25) is 0 Å². The van der Waals surface area contributed by atoms with Crippen LogP contribution in [0.1, 0.15) is 29.2 Å². The molecular weight excluding hydrogens is 234 g/mol. The van der Waals surface area contributed by atoms with Gasteiger partial charge < -0.3 is 14.8 Å². The van der Waals surface area contributed by atoms with Gasteiger partial charge in [-0.1, -0.05) is 0 Å². The molecule has 0 fully saturated rings. The van der Waals surface area contributed by atoms with Crippen molar-refractivity contribution in [1.82, 2.24) is 5.32 Å². The highest BCUT2D eigenvalue weighted by molar-refractivity contribution is 7.12. The molecule has 0 amide bonds. The number of thiophene rings is 1. The summed E-state index contributed by atoms with van der Waals surface area (Å²) < 4.78 is 10.9. The summed E-state index contributed by atoms with van der Waals surface area (Å²) >= 11 is 1.85. The minimum absolute atomic E-state index is 0.134. The minimum Gasteiger partial charge on any atom is -0.352 e. The highest BCUT2D eigenvalue weighted by atomic mass is 32.1. The molecule has 4 heteroatoms. The summed E-state index contributed by atoms with van der Waals surface area (Å²) in [6.45, 7) is 11.3. The van der Waals surface area contributed by atoms with Crippen molar-refractivity contribution in [3.8, 4) is 0 Å². The highest BCUT2D eigenvalue weighted by Crippen LogP contribution is 2.20. The molecule has 1 aromatic heterocycles. The summed E-state index contributed by atoms with van der Waals surface area (Å²) in [5.74, 6) is 0. The first-order valence-electron chi connectivity index (χ1n) is 6.17. The van der Waals surface area contributed by atoms with E-state index in [1.54, 1.807) is 0 Å². The first-order chi connectivity index (χ1) is 8.17. The molecule has 98 valence electrons. The molecule has 0 saturated carbocycles. The summed E-state index contributed by atoms with van der Waals surface area (Å²) in [5, 5.41) is 3.38. The van der Waals surface area contributed by atoms with Crippen molar-refractivity contribution in [1.29, 1.82) is 0 Å². The maximum Gasteiger partial charge on any atom is 0.169 e. The maximum absolute atomic E-state index is 5.47. The van der Waals surface area contributed by atoms with Gasteiger partial charge in [-0.2, -0.15) is 0 Å². The molecule has 0 radical (unpaired) electrons. The quantitative estimate of drug-likeness (QED) is 0.726. The zero-order chi connectivity index (χ0) is 12.7. The van der Waals surface area contributed by atoms with Crippen LogP contribution in [0, 0.1) is 13.8 Å². The Balaban J connectivity index is 2.32. The standard InChI is InChI=1S/C13H23NO2S/c1-5-15-13(16-6-2)9-14-8-12-7-10(3)17-11(12)4/h7,13-14H,5-6,8-9H2,1-4H3. The second-order valence-electron chi connectivity index (χ2n) is 3.91. The van der Waals surface area contributed by atoms with Gasteiger partial charge >= 0.3 is 0 Å². The number of rotatable bonds is 8. The predicted molar refractivity (Wildman–Crippen MR) is 72.5 cm³/mol. The van der Waals surface area contributed by atoms with Gasteiger partial charge in [0.05, 0.1) is 0 Å². The Morgan fingerprint density at radius 1 is 1.24 bits per heavy atom. The van der Waals surface area contributed by atoms with E-state index in [-0.39, 0.29) is 6.29 Å². The lowest BCUT2D eigenvalue weighted by molar-refractivity contribution is -0.133. The third-order valence-corrected chi connectivity index (χ3v) is 3.48. The van der Waals surface area contributed by atoms with Crippen LogP contribution >= 0.6 is 11.3 Å². The van der Waals surface area contributed by atoms with E-state index < -0.39 is 0 Å². The lowest BCUT2D eigenvalue weighted by Gasteiger charge is -2.17. The summed E-state index contributed by atoms with van der Waals surface area (Å²) in [6.07, 6.45) is -0.134. The van der Waals surface area contributed by atoms with Gasteiger partial charge in [0.1, 0.15) is 0 Å². The zero-order valence-electron chi connectivity index (χ0n) is 11.2. The molecule has 0 atom stereocenters. The van der Waals surface area contributed by atoms with Gasteiger partial charge in [0, 0.05) is 36.1 Å². The molecule has 0 bridgehead atoms. The smallest absolute Gasteiger partial charge is 0.169 e. The second kappa shape index (κ2) is 7.82. The molecule has 3 nitrogen and oxygen atoms in total. The van der Waals surface area contributed by atoms with E-state index in [2.05, 4.69) is 25.2 Å². The van der Waals surface area contributed by atoms with E-state index in [1.165, 1.54) is 15.3 Å². The van der Waals surface area contributed by atoms with Crippen molar-refractivity contribution in [3.05, 3.63) is 21.4 Å². The molecule has 0 spiro atoms. The molecular formula is C13H23NO2S. The van der Waals surface area contributed by atoms with Crippen molar-refractivity contribution in [2.45, 2.75) is 40.5 Å². The van der Waals surface area contributed by atoms with Crippen LogP contribution in [0.15, 0.2) is 6.07 Å². The highest BCUT2D eigenvalue weighted by Gasteiger charge is 2.08. The molecule has 17 heavy (non-hydrogen) atoms. The minimum atomic E-state index is -0.134. The average molecular weight is 257 g/mol. The lowest BCUT2D eigenvalue weighted by Crippen LogP contribution is -2.31. The fourth-order valence-electron chi connectivity index (χ4n) is 1.72. The SMILES string of the molecule is CCOC(CNCc1cc(C)sc1C)OCC. The Labute approximate surface area is 108 Å².